The molecule has 0 fully saturated rings. The van der Waals surface area contributed by atoms with Gasteiger partial charge in [-0.3, -0.25) is 4.79 Å². The summed E-state index contributed by atoms with van der Waals surface area (Å²) in [6, 6.07) is 17.9. The minimum absolute atomic E-state index is 0. The summed E-state index contributed by atoms with van der Waals surface area (Å²) in [4.78, 5) is 30.9. The van der Waals surface area contributed by atoms with Crippen molar-refractivity contribution in [3.05, 3.63) is 96.6 Å². The lowest BCUT2D eigenvalue weighted by Gasteiger charge is -2.11. The standard InChI is InChI=1S/C11H12O3.C7H6O.C4H6O2.CH4/c1-8(11(13)14-2)10(12)9-6-4-3-5-7-9;8-6-7-4-2-1-3-5-7;1-3-4(5)6-2;/h3-7,10,12H,1H2,2H3;1-6H;3H,1H2,2H3;1H4/t10-;;;/m1.../s1. The van der Waals surface area contributed by atoms with Crippen LogP contribution in [-0.2, 0) is 19.1 Å². The van der Waals surface area contributed by atoms with E-state index in [1.807, 2.05) is 24.3 Å². The van der Waals surface area contributed by atoms with Crippen LogP contribution < -0.4 is 0 Å². The summed E-state index contributed by atoms with van der Waals surface area (Å²) in [6.45, 7) is 6.63. The molecule has 0 saturated carbocycles. The molecule has 0 heterocycles. The van der Waals surface area contributed by atoms with Gasteiger partial charge in [-0.25, -0.2) is 9.59 Å². The number of methoxy groups -OCH3 is 2. The molecule has 0 unspecified atom stereocenters. The van der Waals surface area contributed by atoms with Gasteiger partial charge in [-0.15, -0.1) is 0 Å². The quantitative estimate of drug-likeness (QED) is 0.465. The fraction of sp³-hybridized carbons (Fsp3) is 0.174. The van der Waals surface area contributed by atoms with Gasteiger partial charge in [-0.05, 0) is 5.56 Å². The van der Waals surface area contributed by atoms with Crippen LogP contribution in [0.4, 0.5) is 0 Å². The van der Waals surface area contributed by atoms with Crippen LogP contribution in [0.3, 0.4) is 0 Å². The fourth-order valence-corrected chi connectivity index (χ4v) is 1.69. The maximum absolute atomic E-state index is 11.0. The first kappa shape index (κ1) is 27.7. The minimum atomic E-state index is -0.997. The second kappa shape index (κ2) is 16.6. The summed E-state index contributed by atoms with van der Waals surface area (Å²) in [5.41, 5.74) is 1.40. The first-order chi connectivity index (χ1) is 13.4. The molecule has 156 valence electrons. The topological polar surface area (TPSA) is 89.9 Å². The van der Waals surface area contributed by atoms with Crippen molar-refractivity contribution in [1.82, 2.24) is 0 Å². The molecule has 0 aliphatic rings. The van der Waals surface area contributed by atoms with Gasteiger partial charge in [0.25, 0.3) is 0 Å². The number of hydrogen-bond donors (Lipinski definition) is 1. The summed E-state index contributed by atoms with van der Waals surface area (Å²) < 4.78 is 8.60. The zero-order valence-corrected chi connectivity index (χ0v) is 15.9. The Morgan fingerprint density at radius 2 is 1.45 bits per heavy atom. The van der Waals surface area contributed by atoms with Gasteiger partial charge in [0.2, 0.25) is 0 Å². The number of carbonyl (C=O) groups is 3. The van der Waals surface area contributed by atoms with E-state index in [0.717, 1.165) is 17.9 Å². The largest absolute Gasteiger partial charge is 0.466 e. The summed E-state index contributed by atoms with van der Waals surface area (Å²) in [7, 11) is 2.56. The van der Waals surface area contributed by atoms with Gasteiger partial charge >= 0.3 is 11.9 Å². The molecule has 0 spiro atoms. The lowest BCUT2D eigenvalue weighted by molar-refractivity contribution is -0.137. The lowest BCUT2D eigenvalue weighted by Crippen LogP contribution is -2.11. The highest BCUT2D eigenvalue weighted by Gasteiger charge is 2.18. The molecule has 0 aliphatic carbocycles. The van der Waals surface area contributed by atoms with Gasteiger partial charge in [0.05, 0.1) is 19.8 Å². The fourth-order valence-electron chi connectivity index (χ4n) is 1.69. The van der Waals surface area contributed by atoms with E-state index in [4.69, 9.17) is 0 Å². The molecule has 2 rings (SSSR count). The number of benzene rings is 2. The Labute approximate surface area is 172 Å². The average molecular weight is 400 g/mol. The molecule has 1 atom stereocenters. The number of aliphatic hydroxyl groups is 1. The van der Waals surface area contributed by atoms with Crippen molar-refractivity contribution in [1.29, 1.82) is 0 Å². The van der Waals surface area contributed by atoms with Gasteiger partial charge < -0.3 is 14.6 Å². The molecule has 0 radical (unpaired) electrons. The van der Waals surface area contributed by atoms with Gasteiger partial charge in [0.1, 0.15) is 12.4 Å². The molecule has 6 heteroatoms. The van der Waals surface area contributed by atoms with Crippen molar-refractivity contribution in [3.8, 4) is 0 Å². The van der Waals surface area contributed by atoms with E-state index < -0.39 is 18.0 Å². The Morgan fingerprint density at radius 1 is 0.966 bits per heavy atom. The van der Waals surface area contributed by atoms with Gasteiger partial charge in [0, 0.05) is 11.6 Å². The Kier molecular flexibility index (Phi) is 15.9. The maximum atomic E-state index is 11.0. The number of aliphatic hydroxyl groups excluding tert-OH is 1. The van der Waals surface area contributed by atoms with Crippen LogP contribution in [0.5, 0.6) is 0 Å². The second-order valence-corrected chi connectivity index (χ2v) is 5.09. The smallest absolute Gasteiger partial charge is 0.336 e. The highest BCUT2D eigenvalue weighted by atomic mass is 16.5. The summed E-state index contributed by atoms with van der Waals surface area (Å²) in [5, 5.41) is 9.69. The molecule has 29 heavy (non-hydrogen) atoms. The Bertz CT molecular complexity index is 753. The molecule has 0 saturated heterocycles. The van der Waals surface area contributed by atoms with E-state index in [-0.39, 0.29) is 13.0 Å². The van der Waals surface area contributed by atoms with Crippen LogP contribution in [0.25, 0.3) is 0 Å². The third kappa shape index (κ3) is 11.7. The van der Waals surface area contributed by atoms with E-state index in [9.17, 15) is 19.5 Å². The zero-order valence-electron chi connectivity index (χ0n) is 15.9. The normalized spacial score (nSPS) is 9.48. The van der Waals surface area contributed by atoms with Crippen molar-refractivity contribution >= 4 is 18.2 Å². The highest BCUT2D eigenvalue weighted by molar-refractivity contribution is 5.88. The van der Waals surface area contributed by atoms with Gasteiger partial charge in [0.15, 0.2) is 0 Å². The van der Waals surface area contributed by atoms with Crippen LogP contribution in [-0.4, -0.2) is 37.6 Å². The highest BCUT2D eigenvalue weighted by Crippen LogP contribution is 2.20. The number of hydrogen-bond acceptors (Lipinski definition) is 6. The van der Waals surface area contributed by atoms with Crippen LogP contribution in [0.15, 0.2) is 85.5 Å². The average Bonchev–Trinajstić information content (AvgIpc) is 2.78. The van der Waals surface area contributed by atoms with Crippen molar-refractivity contribution in [2.45, 2.75) is 13.5 Å². The monoisotopic (exact) mass is 400 g/mol. The zero-order chi connectivity index (χ0) is 21.4. The predicted molar refractivity (Wildman–Crippen MR) is 113 cm³/mol. The molecule has 1 N–H and O–H groups in total. The molecule has 6 nitrogen and oxygen atoms in total. The summed E-state index contributed by atoms with van der Waals surface area (Å²) in [6.07, 6.45) is 0.948. The summed E-state index contributed by atoms with van der Waals surface area (Å²) in [5.74, 6) is -0.989. The van der Waals surface area contributed by atoms with Crippen molar-refractivity contribution in [2.24, 2.45) is 0 Å². The Balaban J connectivity index is 0. The van der Waals surface area contributed by atoms with Gasteiger partial charge in [-0.1, -0.05) is 81.2 Å². The van der Waals surface area contributed by atoms with Crippen molar-refractivity contribution < 1.29 is 29.0 Å². The predicted octanol–water partition coefficient (Wildman–Crippen LogP) is 3.93. The molecule has 0 amide bonds. The number of esters is 2. The molecule has 0 bridgehead atoms. The van der Waals surface area contributed by atoms with E-state index in [1.54, 1.807) is 36.4 Å². The Morgan fingerprint density at radius 3 is 1.76 bits per heavy atom. The third-order valence-corrected chi connectivity index (χ3v) is 3.20. The van der Waals surface area contributed by atoms with Crippen LogP contribution in [0.1, 0.15) is 29.5 Å². The van der Waals surface area contributed by atoms with Gasteiger partial charge in [-0.2, -0.15) is 0 Å². The van der Waals surface area contributed by atoms with E-state index in [2.05, 4.69) is 22.6 Å². The van der Waals surface area contributed by atoms with Crippen molar-refractivity contribution in [2.75, 3.05) is 14.2 Å². The van der Waals surface area contributed by atoms with Crippen LogP contribution >= 0.6 is 0 Å². The lowest BCUT2D eigenvalue weighted by atomic mass is 10.0. The number of rotatable bonds is 5. The van der Waals surface area contributed by atoms with Crippen LogP contribution in [0, 0.1) is 0 Å². The molecule has 0 aromatic heterocycles. The first-order valence-electron chi connectivity index (χ1n) is 8.11. The summed E-state index contributed by atoms with van der Waals surface area (Å²) >= 11 is 0. The molecule has 0 aliphatic heterocycles. The molecule has 2 aromatic rings. The first-order valence-corrected chi connectivity index (χ1v) is 8.11. The van der Waals surface area contributed by atoms with E-state index in [0.29, 0.717) is 5.56 Å². The SMILES string of the molecule is C.C=C(C(=O)OC)[C@@H](O)c1ccccc1.C=CC(=O)OC.O=Cc1ccccc1. The molecular formula is C23H28O6. The number of ether oxygens (including phenoxy) is 2. The third-order valence-electron chi connectivity index (χ3n) is 3.20. The minimum Gasteiger partial charge on any atom is -0.466 e. The maximum Gasteiger partial charge on any atom is 0.336 e. The molecule has 2 aromatic carbocycles. The molecular weight excluding hydrogens is 372 g/mol. The number of aldehydes is 1. The van der Waals surface area contributed by atoms with E-state index in [1.165, 1.54) is 14.2 Å². The van der Waals surface area contributed by atoms with E-state index >= 15 is 0 Å². The second-order valence-electron chi connectivity index (χ2n) is 5.09. The number of carbonyl (C=O) groups excluding carboxylic acids is 3. The van der Waals surface area contributed by atoms with Crippen LogP contribution in [0.2, 0.25) is 0 Å². The van der Waals surface area contributed by atoms with Crippen molar-refractivity contribution in [3.63, 3.8) is 0 Å². The Hall–Kier alpha value is -3.51.